The van der Waals surface area contributed by atoms with Gasteiger partial charge in [0.1, 0.15) is 0 Å². The fourth-order valence-electron chi connectivity index (χ4n) is 3.62. The van der Waals surface area contributed by atoms with Gasteiger partial charge in [0.15, 0.2) is 5.82 Å². The van der Waals surface area contributed by atoms with Gasteiger partial charge < -0.3 is 4.74 Å². The molecule has 0 fully saturated rings. The largest absolute Gasteiger partial charge is 0.504 e. The van der Waals surface area contributed by atoms with Crippen molar-refractivity contribution in [3.63, 3.8) is 0 Å². The number of nitrogens with zero attached hydrogens (tertiary/aromatic N) is 3. The summed E-state index contributed by atoms with van der Waals surface area (Å²) in [4.78, 5) is 9.19. The summed E-state index contributed by atoms with van der Waals surface area (Å²) in [6.07, 6.45) is 9.15. The smallest absolute Gasteiger partial charge is 0.159 e. The van der Waals surface area contributed by atoms with E-state index in [9.17, 15) is 5.26 Å². The third-order valence-corrected chi connectivity index (χ3v) is 5.03. The molecule has 4 heteroatoms. The zero-order valence-electron chi connectivity index (χ0n) is 18.0. The molecule has 0 saturated heterocycles. The summed E-state index contributed by atoms with van der Waals surface area (Å²) in [7, 11) is 1.64. The molecule has 0 N–H and O–H groups in total. The van der Waals surface area contributed by atoms with Crippen LogP contribution in [0.2, 0.25) is 0 Å². The molecule has 0 bridgehead atoms. The van der Waals surface area contributed by atoms with E-state index in [0.29, 0.717) is 17.3 Å². The van der Waals surface area contributed by atoms with Crippen LogP contribution in [0.3, 0.4) is 0 Å². The minimum atomic E-state index is 0.501. The van der Waals surface area contributed by atoms with Crippen LogP contribution in [-0.2, 0) is 17.6 Å². The topological polar surface area (TPSA) is 58.8 Å². The molecule has 3 aromatic rings. The molecule has 0 aliphatic rings. The summed E-state index contributed by atoms with van der Waals surface area (Å²) in [5.41, 5.74) is 7.07. The summed E-state index contributed by atoms with van der Waals surface area (Å²) in [5.74, 6) is 1.13. The van der Waals surface area contributed by atoms with E-state index in [1.807, 2.05) is 42.7 Å². The first-order valence-corrected chi connectivity index (χ1v) is 10.2. The van der Waals surface area contributed by atoms with E-state index in [4.69, 9.17) is 4.74 Å². The number of nitriles is 1. The molecule has 0 radical (unpaired) electrons. The van der Waals surface area contributed by atoms with E-state index in [-0.39, 0.29) is 0 Å². The van der Waals surface area contributed by atoms with Crippen LogP contribution in [0.5, 0.6) is 0 Å². The van der Waals surface area contributed by atoms with Gasteiger partial charge in [0.05, 0.1) is 25.0 Å². The van der Waals surface area contributed by atoms with Crippen LogP contribution in [0.1, 0.15) is 43.0 Å². The quantitative estimate of drug-likeness (QED) is 0.455. The molecule has 0 spiro atoms. The van der Waals surface area contributed by atoms with E-state index < -0.39 is 0 Å². The van der Waals surface area contributed by atoms with Gasteiger partial charge >= 0.3 is 0 Å². The number of rotatable bonds is 7. The van der Waals surface area contributed by atoms with Gasteiger partial charge in [-0.2, -0.15) is 5.26 Å². The Morgan fingerprint density at radius 3 is 2.50 bits per heavy atom. The second kappa shape index (κ2) is 9.84. The van der Waals surface area contributed by atoms with Crippen molar-refractivity contribution >= 4 is 6.08 Å². The van der Waals surface area contributed by atoms with Crippen LogP contribution in [0.25, 0.3) is 28.6 Å². The second-order valence-electron chi connectivity index (χ2n) is 7.64. The molecule has 0 amide bonds. The molecule has 1 heterocycles. The summed E-state index contributed by atoms with van der Waals surface area (Å²) in [6, 6.07) is 14.4. The fourth-order valence-corrected chi connectivity index (χ4v) is 3.62. The summed E-state index contributed by atoms with van der Waals surface area (Å²) < 4.78 is 5.08. The van der Waals surface area contributed by atoms with Gasteiger partial charge in [0, 0.05) is 23.5 Å². The van der Waals surface area contributed by atoms with Crippen LogP contribution >= 0.6 is 0 Å². The van der Waals surface area contributed by atoms with E-state index >= 15 is 0 Å². The first-order chi connectivity index (χ1) is 14.6. The maximum atomic E-state index is 9.54. The molecule has 4 nitrogen and oxygen atoms in total. The third-order valence-electron chi connectivity index (χ3n) is 5.03. The predicted molar refractivity (Wildman–Crippen MR) is 122 cm³/mol. The Morgan fingerprint density at radius 1 is 1.10 bits per heavy atom. The van der Waals surface area contributed by atoms with Crippen molar-refractivity contribution in [1.82, 2.24) is 9.97 Å². The normalized spacial score (nSPS) is 11.1. The van der Waals surface area contributed by atoms with Crippen molar-refractivity contribution in [1.29, 1.82) is 5.26 Å². The van der Waals surface area contributed by atoms with E-state index in [1.54, 1.807) is 13.4 Å². The molecule has 0 saturated carbocycles. The average molecular weight is 398 g/mol. The molecule has 0 unspecified atom stereocenters. The van der Waals surface area contributed by atoms with E-state index in [0.717, 1.165) is 40.7 Å². The molecule has 1 aromatic heterocycles. The van der Waals surface area contributed by atoms with Crippen LogP contribution in [0.4, 0.5) is 0 Å². The van der Waals surface area contributed by atoms with Gasteiger partial charge in [-0.25, -0.2) is 9.97 Å². The highest BCUT2D eigenvalue weighted by molar-refractivity contribution is 5.72. The van der Waals surface area contributed by atoms with Crippen LogP contribution in [0.15, 0.2) is 55.1 Å². The van der Waals surface area contributed by atoms with E-state index in [1.165, 1.54) is 5.56 Å². The predicted octanol–water partition coefficient (Wildman–Crippen LogP) is 6.06. The minimum absolute atomic E-state index is 0.501. The third kappa shape index (κ3) is 4.75. The van der Waals surface area contributed by atoms with Crippen LogP contribution in [0, 0.1) is 17.2 Å². The van der Waals surface area contributed by atoms with Crippen molar-refractivity contribution in [2.75, 3.05) is 7.11 Å². The van der Waals surface area contributed by atoms with Gasteiger partial charge in [0.25, 0.3) is 0 Å². The number of hydrogen-bond acceptors (Lipinski definition) is 4. The van der Waals surface area contributed by atoms with Crippen molar-refractivity contribution < 1.29 is 4.74 Å². The van der Waals surface area contributed by atoms with Gasteiger partial charge in [-0.3, -0.25) is 0 Å². The Morgan fingerprint density at radius 2 is 1.87 bits per heavy atom. The molecule has 0 aliphatic heterocycles. The Balaban J connectivity index is 1.95. The zero-order valence-corrected chi connectivity index (χ0v) is 18.0. The molecule has 2 aromatic carbocycles. The zero-order chi connectivity index (χ0) is 21.5. The molecular weight excluding hydrogens is 370 g/mol. The summed E-state index contributed by atoms with van der Waals surface area (Å²) in [5, 5.41) is 9.54. The van der Waals surface area contributed by atoms with Crippen molar-refractivity contribution in [3.05, 3.63) is 77.3 Å². The maximum absolute atomic E-state index is 9.54. The Hall–Kier alpha value is -3.45. The molecule has 152 valence electrons. The summed E-state index contributed by atoms with van der Waals surface area (Å²) >= 11 is 0. The highest BCUT2D eigenvalue weighted by Gasteiger charge is 2.11. The second-order valence-corrected chi connectivity index (χ2v) is 7.64. The van der Waals surface area contributed by atoms with E-state index in [2.05, 4.69) is 48.9 Å². The first-order valence-electron chi connectivity index (χ1n) is 10.2. The summed E-state index contributed by atoms with van der Waals surface area (Å²) in [6.45, 7) is 6.45. The van der Waals surface area contributed by atoms with Crippen molar-refractivity contribution in [3.8, 4) is 28.6 Å². The van der Waals surface area contributed by atoms with Gasteiger partial charge in [-0.1, -0.05) is 51.1 Å². The number of aromatic nitrogens is 2. The lowest BCUT2D eigenvalue weighted by Crippen LogP contribution is -1.99. The number of methoxy groups -OCH3 is 1. The van der Waals surface area contributed by atoms with Gasteiger partial charge in [0.2, 0.25) is 0 Å². The molecule has 3 rings (SSSR count). The van der Waals surface area contributed by atoms with Crippen LogP contribution in [-0.4, -0.2) is 17.1 Å². The lowest BCUT2D eigenvalue weighted by molar-refractivity contribution is 0.341. The average Bonchev–Trinajstić information content (AvgIpc) is 2.77. The Kier molecular flexibility index (Phi) is 6.98. The number of benzene rings is 2. The van der Waals surface area contributed by atoms with Crippen molar-refractivity contribution in [2.24, 2.45) is 5.92 Å². The Bertz CT molecular complexity index is 1080. The fraction of sp³-hybridized carbons (Fsp3) is 0.269. The van der Waals surface area contributed by atoms with Gasteiger partial charge in [-0.15, -0.1) is 0 Å². The SMILES string of the molecule is CCc1c(/C=C/OC)cccc1-c1cnc(-c2ccc(CC(C)C)c(C#N)c2)nc1. The molecule has 0 aliphatic carbocycles. The number of ether oxygens (including phenoxy) is 1. The Labute approximate surface area is 178 Å². The molecule has 0 atom stereocenters. The highest BCUT2D eigenvalue weighted by Crippen LogP contribution is 2.28. The van der Waals surface area contributed by atoms with Gasteiger partial charge in [-0.05, 0) is 53.2 Å². The van der Waals surface area contributed by atoms with Crippen LogP contribution < -0.4 is 0 Å². The molecular formula is C26H27N3O. The first kappa shape index (κ1) is 21.3. The monoisotopic (exact) mass is 397 g/mol. The minimum Gasteiger partial charge on any atom is -0.504 e. The highest BCUT2D eigenvalue weighted by atomic mass is 16.5. The lowest BCUT2D eigenvalue weighted by Gasteiger charge is -2.12. The van der Waals surface area contributed by atoms with Crippen molar-refractivity contribution in [2.45, 2.75) is 33.6 Å². The lowest BCUT2D eigenvalue weighted by atomic mass is 9.95. The molecule has 30 heavy (non-hydrogen) atoms. The maximum Gasteiger partial charge on any atom is 0.159 e. The number of hydrogen-bond donors (Lipinski definition) is 0. The standard InChI is InChI=1S/C26H27N3O/c1-5-24-19(11-12-30-4)7-6-8-25(24)23-16-28-26(29-17-23)21-10-9-20(13-18(2)3)22(14-21)15-27/h6-12,14,16-18H,5,13H2,1-4H3/b12-11+.